The summed E-state index contributed by atoms with van der Waals surface area (Å²) in [5.74, 6) is 0.0659. The lowest BCUT2D eigenvalue weighted by molar-refractivity contribution is -0.134. The van der Waals surface area contributed by atoms with Gasteiger partial charge in [0.2, 0.25) is 0 Å². The molecule has 0 aliphatic heterocycles. The van der Waals surface area contributed by atoms with Crippen LogP contribution in [0.4, 0.5) is 0 Å². The molecule has 88 valence electrons. The number of hydrogen-bond acceptors (Lipinski definition) is 3. The van der Waals surface area contributed by atoms with Crippen LogP contribution in [-0.2, 0) is 15.4 Å². The van der Waals surface area contributed by atoms with E-state index in [-0.39, 0.29) is 11.9 Å². The van der Waals surface area contributed by atoms with Crippen molar-refractivity contribution in [3.8, 4) is 0 Å². The summed E-state index contributed by atoms with van der Waals surface area (Å²) >= 11 is 3.52. The summed E-state index contributed by atoms with van der Waals surface area (Å²) in [6.07, 6.45) is 1.06. The Morgan fingerprint density at radius 2 is 1.81 bits per heavy atom. The molecule has 0 aromatic heterocycles. The third kappa shape index (κ3) is 3.56. The summed E-state index contributed by atoms with van der Waals surface area (Å²) in [7, 11) is 0. The maximum atomic E-state index is 11.3. The van der Waals surface area contributed by atoms with E-state index in [0.29, 0.717) is 5.92 Å². The Hall–Kier alpha value is -0.960. The second-order valence-electron chi connectivity index (χ2n) is 4.47. The minimum atomic E-state index is -0.319. The fourth-order valence-electron chi connectivity index (χ4n) is 1.63. The van der Waals surface area contributed by atoms with Crippen LogP contribution in [0.2, 0.25) is 0 Å². The largest absolute Gasteiger partial charge is 0.394 e. The first kappa shape index (κ1) is 13.1. The molecule has 0 unspecified atom stereocenters. The molecule has 1 rings (SSSR count). The van der Waals surface area contributed by atoms with Crippen LogP contribution in [0.1, 0.15) is 37.8 Å². The topological polar surface area (TPSA) is 26.3 Å². The summed E-state index contributed by atoms with van der Waals surface area (Å²) in [6, 6.07) is 8.09. The quantitative estimate of drug-likeness (QED) is 0.643. The van der Waals surface area contributed by atoms with Crippen molar-refractivity contribution >= 4 is 18.9 Å². The van der Waals surface area contributed by atoms with E-state index in [1.807, 2.05) is 19.1 Å². The van der Waals surface area contributed by atoms with Gasteiger partial charge in [-0.2, -0.15) is 0 Å². The van der Waals surface area contributed by atoms with E-state index in [1.54, 1.807) is 0 Å². The van der Waals surface area contributed by atoms with E-state index in [4.69, 9.17) is 0 Å². The lowest BCUT2D eigenvalue weighted by Crippen LogP contribution is -2.08. The molecule has 0 N–H and O–H groups in total. The predicted octanol–water partition coefficient (Wildman–Crippen LogP) is 3.38. The Bertz CT molecular complexity index is 343. The number of carbonyl (C=O) groups excluding carboxylic acids is 1. The van der Waals surface area contributed by atoms with Crippen molar-refractivity contribution in [1.29, 1.82) is 0 Å². The molecule has 0 aliphatic carbocycles. The van der Waals surface area contributed by atoms with E-state index >= 15 is 0 Å². The molecule has 0 radical (unpaired) electrons. The lowest BCUT2D eigenvalue weighted by Gasteiger charge is -2.10. The molecule has 0 amide bonds. The average Bonchev–Trinajstić information content (AvgIpc) is 2.27. The standard InChI is InChI=1S/C13H18O2S/c1-9(2)8-11-4-6-12(7-5-11)10(3)13(14)15-16/h4-7,9-10,16H,8H2,1-3H3/t10-/m0/s1. The van der Waals surface area contributed by atoms with E-state index < -0.39 is 0 Å². The fourth-order valence-corrected chi connectivity index (χ4v) is 1.79. The zero-order chi connectivity index (χ0) is 12.1. The highest BCUT2D eigenvalue weighted by Crippen LogP contribution is 2.19. The smallest absolute Gasteiger partial charge is 0.324 e. The highest BCUT2D eigenvalue weighted by Gasteiger charge is 2.15. The van der Waals surface area contributed by atoms with Gasteiger partial charge in [-0.3, -0.25) is 4.79 Å². The van der Waals surface area contributed by atoms with E-state index in [0.717, 1.165) is 12.0 Å². The first-order valence-electron chi connectivity index (χ1n) is 5.48. The fraction of sp³-hybridized carbons (Fsp3) is 0.462. The Labute approximate surface area is 103 Å². The number of thiol groups is 1. The Kier molecular flexibility index (Phi) is 4.87. The molecule has 1 aromatic carbocycles. The van der Waals surface area contributed by atoms with E-state index in [2.05, 4.69) is 43.1 Å². The molecular weight excluding hydrogens is 220 g/mol. The predicted molar refractivity (Wildman–Crippen MR) is 68.5 cm³/mol. The number of hydrogen-bond donors (Lipinski definition) is 1. The van der Waals surface area contributed by atoms with Crippen LogP contribution in [0.15, 0.2) is 24.3 Å². The molecular formula is C13H18O2S. The van der Waals surface area contributed by atoms with Gasteiger partial charge in [0.05, 0.1) is 5.92 Å². The molecule has 0 saturated heterocycles. The maximum absolute atomic E-state index is 11.3. The minimum Gasteiger partial charge on any atom is -0.394 e. The second-order valence-corrected chi connectivity index (χ2v) is 4.65. The van der Waals surface area contributed by atoms with E-state index in [1.165, 1.54) is 5.56 Å². The first-order valence-corrected chi connectivity index (χ1v) is 5.85. The van der Waals surface area contributed by atoms with E-state index in [9.17, 15) is 4.79 Å². The molecule has 16 heavy (non-hydrogen) atoms. The van der Waals surface area contributed by atoms with Gasteiger partial charge in [0.15, 0.2) is 0 Å². The Morgan fingerprint density at radius 3 is 2.25 bits per heavy atom. The van der Waals surface area contributed by atoms with Gasteiger partial charge in [0.25, 0.3) is 0 Å². The lowest BCUT2D eigenvalue weighted by atomic mass is 9.97. The molecule has 0 heterocycles. The number of rotatable bonds is 4. The summed E-state index contributed by atoms with van der Waals surface area (Å²) in [6.45, 7) is 6.19. The van der Waals surface area contributed by atoms with Crippen molar-refractivity contribution in [2.45, 2.75) is 33.1 Å². The average molecular weight is 238 g/mol. The molecule has 3 heteroatoms. The van der Waals surface area contributed by atoms with Crippen LogP contribution >= 0.6 is 12.9 Å². The number of carbonyl (C=O) groups is 1. The van der Waals surface area contributed by atoms with Crippen molar-refractivity contribution in [1.82, 2.24) is 0 Å². The molecule has 1 aromatic rings. The zero-order valence-electron chi connectivity index (χ0n) is 9.93. The summed E-state index contributed by atoms with van der Waals surface area (Å²) < 4.78 is 4.42. The maximum Gasteiger partial charge on any atom is 0.324 e. The zero-order valence-corrected chi connectivity index (χ0v) is 10.8. The van der Waals surface area contributed by atoms with Crippen LogP contribution in [0.5, 0.6) is 0 Å². The Morgan fingerprint density at radius 1 is 1.25 bits per heavy atom. The van der Waals surface area contributed by atoms with Gasteiger partial charge in [-0.15, -0.1) is 0 Å². The molecule has 0 bridgehead atoms. The second kappa shape index (κ2) is 5.94. The highest BCUT2D eigenvalue weighted by atomic mass is 32.1. The van der Waals surface area contributed by atoms with Crippen LogP contribution in [0.25, 0.3) is 0 Å². The van der Waals surface area contributed by atoms with Gasteiger partial charge in [-0.05, 0) is 30.4 Å². The molecule has 0 saturated carbocycles. The molecule has 2 nitrogen and oxygen atoms in total. The van der Waals surface area contributed by atoms with Gasteiger partial charge in [-0.25, -0.2) is 0 Å². The number of benzene rings is 1. The monoisotopic (exact) mass is 238 g/mol. The molecule has 0 spiro atoms. The van der Waals surface area contributed by atoms with Crippen molar-refractivity contribution in [3.63, 3.8) is 0 Å². The normalized spacial score (nSPS) is 12.6. The van der Waals surface area contributed by atoms with Gasteiger partial charge in [0.1, 0.15) is 0 Å². The van der Waals surface area contributed by atoms with Crippen molar-refractivity contribution < 1.29 is 8.98 Å². The first-order chi connectivity index (χ1) is 7.54. The Balaban J connectivity index is 2.74. The summed E-state index contributed by atoms with van der Waals surface area (Å²) in [5.41, 5.74) is 2.26. The van der Waals surface area contributed by atoms with Crippen molar-refractivity contribution in [2.24, 2.45) is 5.92 Å². The SMILES string of the molecule is CC(C)Cc1ccc([C@H](C)C(=O)OS)cc1. The third-order valence-corrected chi connectivity index (χ3v) is 2.75. The van der Waals surface area contributed by atoms with Gasteiger partial charge < -0.3 is 4.18 Å². The van der Waals surface area contributed by atoms with Crippen LogP contribution in [-0.4, -0.2) is 5.97 Å². The summed E-state index contributed by atoms with van der Waals surface area (Å²) in [5, 5.41) is 0. The van der Waals surface area contributed by atoms with Gasteiger partial charge >= 0.3 is 5.97 Å². The van der Waals surface area contributed by atoms with Crippen molar-refractivity contribution in [2.75, 3.05) is 0 Å². The minimum absolute atomic E-state index is 0.259. The third-order valence-electron chi connectivity index (χ3n) is 2.57. The highest BCUT2D eigenvalue weighted by molar-refractivity contribution is 7.75. The van der Waals surface area contributed by atoms with Crippen LogP contribution in [0.3, 0.4) is 0 Å². The van der Waals surface area contributed by atoms with Gasteiger partial charge in [0, 0.05) is 12.9 Å². The van der Waals surface area contributed by atoms with Gasteiger partial charge in [-0.1, -0.05) is 38.1 Å². The van der Waals surface area contributed by atoms with Crippen molar-refractivity contribution in [3.05, 3.63) is 35.4 Å². The van der Waals surface area contributed by atoms with Crippen LogP contribution in [0, 0.1) is 5.92 Å². The molecule has 0 aliphatic rings. The van der Waals surface area contributed by atoms with Crippen LogP contribution < -0.4 is 0 Å². The molecule has 1 atom stereocenters. The summed E-state index contributed by atoms with van der Waals surface area (Å²) in [4.78, 5) is 11.3. The molecule has 0 fully saturated rings.